The second-order valence-electron chi connectivity index (χ2n) is 7.99. The lowest BCUT2D eigenvalue weighted by atomic mass is 9.97. The van der Waals surface area contributed by atoms with Crippen molar-refractivity contribution in [2.45, 2.75) is 25.7 Å². The maximum Gasteiger partial charge on any atom is 0.271 e. The molecule has 5 rings (SSSR count). The Bertz CT molecular complexity index is 1470. The Balaban J connectivity index is 1.33. The topological polar surface area (TPSA) is 106 Å². The van der Waals surface area contributed by atoms with Crippen LogP contribution >= 0.6 is 11.3 Å². The summed E-state index contributed by atoms with van der Waals surface area (Å²) >= 11 is 1.62. The van der Waals surface area contributed by atoms with Crippen LogP contribution in [0.15, 0.2) is 58.7 Å². The van der Waals surface area contributed by atoms with E-state index in [9.17, 15) is 14.7 Å². The van der Waals surface area contributed by atoms with E-state index >= 15 is 0 Å². The molecule has 2 heterocycles. The molecule has 2 aromatic heterocycles. The predicted molar refractivity (Wildman–Crippen MR) is 132 cm³/mol. The Morgan fingerprint density at radius 1 is 1.21 bits per heavy atom. The number of methoxy groups -OCH3 is 1. The maximum absolute atomic E-state index is 13.2. The normalized spacial score (nSPS) is 13.2. The molecule has 1 aliphatic rings. The van der Waals surface area contributed by atoms with Crippen molar-refractivity contribution in [3.63, 3.8) is 0 Å². The van der Waals surface area contributed by atoms with Crippen molar-refractivity contribution >= 4 is 33.7 Å². The Kier molecular flexibility index (Phi) is 5.85. The number of aromatic nitrogens is 2. The molecule has 2 N–H and O–H groups in total. The first-order chi connectivity index (χ1) is 16.5. The Morgan fingerprint density at radius 3 is 2.79 bits per heavy atom. The highest BCUT2D eigenvalue weighted by atomic mass is 32.1. The van der Waals surface area contributed by atoms with Crippen LogP contribution in [0.3, 0.4) is 0 Å². The van der Waals surface area contributed by atoms with Gasteiger partial charge < -0.3 is 9.84 Å². The molecule has 34 heavy (non-hydrogen) atoms. The van der Waals surface area contributed by atoms with Crippen molar-refractivity contribution in [2.24, 2.45) is 5.10 Å². The molecule has 2 aromatic carbocycles. The van der Waals surface area contributed by atoms with Crippen LogP contribution in [0.2, 0.25) is 0 Å². The van der Waals surface area contributed by atoms with Gasteiger partial charge in [0, 0.05) is 10.4 Å². The van der Waals surface area contributed by atoms with E-state index in [1.807, 2.05) is 0 Å². The fourth-order valence-electron chi connectivity index (χ4n) is 4.11. The molecular formula is C25H22N4O4S. The fourth-order valence-corrected chi connectivity index (χ4v) is 5.33. The Labute approximate surface area is 199 Å². The number of hydrogen-bond acceptors (Lipinski definition) is 7. The number of amides is 1. The van der Waals surface area contributed by atoms with Crippen LogP contribution in [0, 0.1) is 0 Å². The molecule has 9 heteroatoms. The van der Waals surface area contributed by atoms with Crippen molar-refractivity contribution in [1.82, 2.24) is 15.0 Å². The number of thiophene rings is 1. The average Bonchev–Trinajstić information content (AvgIpc) is 3.25. The number of fused-ring (bicyclic) bond motifs is 3. The van der Waals surface area contributed by atoms with Crippen molar-refractivity contribution in [3.8, 4) is 17.2 Å². The third kappa shape index (κ3) is 4.06. The Morgan fingerprint density at radius 2 is 2.00 bits per heavy atom. The zero-order chi connectivity index (χ0) is 23.7. The summed E-state index contributed by atoms with van der Waals surface area (Å²) in [6.45, 7) is 0. The zero-order valence-electron chi connectivity index (χ0n) is 18.4. The van der Waals surface area contributed by atoms with Crippen LogP contribution < -0.4 is 15.7 Å². The van der Waals surface area contributed by atoms with Crippen molar-refractivity contribution in [1.29, 1.82) is 0 Å². The van der Waals surface area contributed by atoms with Crippen molar-refractivity contribution in [2.75, 3.05) is 7.11 Å². The van der Waals surface area contributed by atoms with Gasteiger partial charge in [0.2, 0.25) is 0 Å². The number of ether oxygens (including phenoxy) is 1. The van der Waals surface area contributed by atoms with E-state index in [4.69, 9.17) is 4.74 Å². The first-order valence-electron chi connectivity index (χ1n) is 10.9. The third-order valence-corrected chi connectivity index (χ3v) is 7.07. The summed E-state index contributed by atoms with van der Waals surface area (Å²) in [6, 6.07) is 11.5. The molecule has 1 aliphatic carbocycles. The summed E-state index contributed by atoms with van der Waals surface area (Å²) in [5.74, 6) is -0.0470. The van der Waals surface area contributed by atoms with Crippen LogP contribution in [0.4, 0.5) is 0 Å². The molecule has 0 saturated heterocycles. The zero-order valence-corrected chi connectivity index (χ0v) is 19.3. The van der Waals surface area contributed by atoms with E-state index in [1.165, 1.54) is 28.8 Å². The molecule has 0 spiro atoms. The van der Waals surface area contributed by atoms with Crippen LogP contribution in [0.1, 0.15) is 39.2 Å². The summed E-state index contributed by atoms with van der Waals surface area (Å²) in [5, 5.41) is 14.3. The van der Waals surface area contributed by atoms with Crippen molar-refractivity contribution < 1.29 is 14.6 Å². The number of hydrogen-bond donors (Lipinski definition) is 2. The van der Waals surface area contributed by atoms with Gasteiger partial charge in [-0.2, -0.15) is 5.10 Å². The quantitative estimate of drug-likeness (QED) is 0.338. The first kappa shape index (κ1) is 21.8. The van der Waals surface area contributed by atoms with Gasteiger partial charge in [-0.3, -0.25) is 14.2 Å². The first-order valence-corrected chi connectivity index (χ1v) is 11.7. The number of carbonyl (C=O) groups is 1. The highest BCUT2D eigenvalue weighted by Gasteiger charge is 2.20. The van der Waals surface area contributed by atoms with Gasteiger partial charge in [-0.05, 0) is 79.3 Å². The minimum Gasteiger partial charge on any atom is -0.504 e. The second-order valence-corrected chi connectivity index (χ2v) is 9.07. The van der Waals surface area contributed by atoms with E-state index in [-0.39, 0.29) is 17.2 Å². The van der Waals surface area contributed by atoms with Gasteiger partial charge in [0.05, 0.1) is 24.4 Å². The largest absolute Gasteiger partial charge is 0.504 e. The van der Waals surface area contributed by atoms with Gasteiger partial charge in [0.25, 0.3) is 11.5 Å². The highest BCUT2D eigenvalue weighted by Crippen LogP contribution is 2.33. The second kappa shape index (κ2) is 9.11. The minimum atomic E-state index is -0.388. The number of hydrazone groups is 1. The van der Waals surface area contributed by atoms with Crippen LogP contribution in [0.5, 0.6) is 11.5 Å². The minimum absolute atomic E-state index is 0.0242. The average molecular weight is 475 g/mol. The molecule has 0 radical (unpaired) electrons. The highest BCUT2D eigenvalue weighted by molar-refractivity contribution is 7.18. The van der Waals surface area contributed by atoms with Gasteiger partial charge in [0.1, 0.15) is 11.2 Å². The summed E-state index contributed by atoms with van der Waals surface area (Å²) in [5.41, 5.74) is 5.25. The van der Waals surface area contributed by atoms with E-state index in [0.717, 1.165) is 41.5 Å². The summed E-state index contributed by atoms with van der Waals surface area (Å²) in [7, 11) is 1.46. The molecule has 8 nitrogen and oxygen atoms in total. The van der Waals surface area contributed by atoms with Gasteiger partial charge in [-0.1, -0.05) is 0 Å². The number of carbonyl (C=O) groups excluding carboxylic acids is 1. The van der Waals surface area contributed by atoms with Crippen LogP contribution in [-0.4, -0.2) is 33.9 Å². The van der Waals surface area contributed by atoms with E-state index in [2.05, 4.69) is 15.5 Å². The number of nitrogens with one attached hydrogen (secondary N) is 1. The van der Waals surface area contributed by atoms with E-state index in [1.54, 1.807) is 54.1 Å². The van der Waals surface area contributed by atoms with E-state index in [0.29, 0.717) is 22.6 Å². The smallest absolute Gasteiger partial charge is 0.271 e. The molecule has 172 valence electrons. The number of nitrogens with zero attached hydrogens (tertiary/aromatic N) is 3. The standard InChI is InChI=1S/C25H22N4O4S/c1-33-20-12-15(6-11-19(20)30)13-27-28-23(31)16-7-9-17(10-8-16)29-14-26-24-22(25(29)32)18-4-2-3-5-21(18)34-24/h6-14,30H,2-5H2,1H3,(H,28,31)/b27-13-. The van der Waals surface area contributed by atoms with Gasteiger partial charge >= 0.3 is 0 Å². The summed E-state index contributed by atoms with van der Waals surface area (Å²) < 4.78 is 6.59. The maximum atomic E-state index is 13.2. The molecule has 0 unspecified atom stereocenters. The van der Waals surface area contributed by atoms with Gasteiger partial charge in [0.15, 0.2) is 11.5 Å². The lowest BCUT2D eigenvalue weighted by Crippen LogP contribution is -2.20. The SMILES string of the molecule is COc1cc(/C=N\NC(=O)c2ccc(-n3cnc4sc5c(c4c3=O)CCCC5)cc2)ccc1O. The van der Waals surface area contributed by atoms with E-state index < -0.39 is 0 Å². The monoisotopic (exact) mass is 474 g/mol. The molecule has 0 fully saturated rings. The molecule has 0 aliphatic heterocycles. The molecule has 0 atom stereocenters. The number of phenols is 1. The van der Waals surface area contributed by atoms with Crippen molar-refractivity contribution in [3.05, 3.63) is 80.7 Å². The van der Waals surface area contributed by atoms with Crippen LogP contribution in [0.25, 0.3) is 15.9 Å². The Hall–Kier alpha value is -3.98. The predicted octanol–water partition coefficient (Wildman–Crippen LogP) is 3.80. The summed E-state index contributed by atoms with van der Waals surface area (Å²) in [4.78, 5) is 32.3. The lowest BCUT2D eigenvalue weighted by Gasteiger charge is -2.10. The fraction of sp³-hybridized carbons (Fsp3) is 0.200. The number of aromatic hydroxyl groups is 1. The number of benzene rings is 2. The van der Waals surface area contributed by atoms with Gasteiger partial charge in [-0.15, -0.1) is 11.3 Å². The molecule has 1 amide bonds. The third-order valence-electron chi connectivity index (χ3n) is 5.87. The number of phenolic OH excluding ortho intramolecular Hbond substituents is 1. The molecular weight excluding hydrogens is 452 g/mol. The molecule has 0 bridgehead atoms. The number of aryl methyl sites for hydroxylation is 2. The van der Waals surface area contributed by atoms with Crippen LogP contribution in [-0.2, 0) is 12.8 Å². The van der Waals surface area contributed by atoms with Gasteiger partial charge in [-0.25, -0.2) is 10.4 Å². The molecule has 0 saturated carbocycles. The molecule has 4 aromatic rings. The number of rotatable bonds is 5. The lowest BCUT2D eigenvalue weighted by molar-refractivity contribution is 0.0955. The summed E-state index contributed by atoms with van der Waals surface area (Å²) in [6.07, 6.45) is 7.20.